The molecule has 13 heavy (non-hydrogen) atoms. The number of hydrogen-bond acceptors (Lipinski definition) is 4. The minimum atomic E-state index is 0.610. The quantitative estimate of drug-likeness (QED) is 0.649. The maximum absolute atomic E-state index is 4.29. The highest BCUT2D eigenvalue weighted by molar-refractivity contribution is 5.47. The summed E-state index contributed by atoms with van der Waals surface area (Å²) in [6.45, 7) is 1.94. The van der Waals surface area contributed by atoms with E-state index >= 15 is 0 Å². The highest BCUT2D eigenvalue weighted by Crippen LogP contribution is 2.09. The van der Waals surface area contributed by atoms with Crippen LogP contribution in [0.15, 0.2) is 30.9 Å². The molecule has 2 aromatic heterocycles. The number of pyridine rings is 1. The Hall–Kier alpha value is -1.84. The zero-order valence-electron chi connectivity index (χ0n) is 7.18. The third kappa shape index (κ3) is 1.66. The lowest BCUT2D eigenvalue weighted by Gasteiger charge is -1.97. The molecule has 0 aliphatic carbocycles. The number of aryl methyl sites for hydroxylation is 1. The van der Waals surface area contributed by atoms with Crippen LogP contribution in [0.2, 0.25) is 0 Å². The number of hydrogen-bond donors (Lipinski definition) is 0. The lowest BCUT2D eigenvalue weighted by molar-refractivity contribution is 1.03. The molecule has 64 valence electrons. The molecule has 0 unspecified atom stereocenters. The van der Waals surface area contributed by atoms with E-state index in [1.165, 1.54) is 12.7 Å². The number of aromatic nitrogens is 4. The zero-order chi connectivity index (χ0) is 9.10. The maximum Gasteiger partial charge on any atom is 0.181 e. The van der Waals surface area contributed by atoms with Crippen LogP contribution in [0.1, 0.15) is 5.69 Å². The van der Waals surface area contributed by atoms with Gasteiger partial charge in [-0.05, 0) is 19.1 Å². The molecule has 0 aliphatic heterocycles. The molecule has 0 amide bonds. The summed E-state index contributed by atoms with van der Waals surface area (Å²) < 4.78 is 0. The van der Waals surface area contributed by atoms with Crippen molar-refractivity contribution in [2.24, 2.45) is 0 Å². The SMILES string of the molecule is Cc1cccc(-c2ncncn2)n1. The Kier molecular flexibility index (Phi) is 1.96. The predicted octanol–water partition coefficient (Wildman–Crippen LogP) is 1.24. The summed E-state index contributed by atoms with van der Waals surface area (Å²) in [6, 6.07) is 5.74. The van der Waals surface area contributed by atoms with E-state index in [1.807, 2.05) is 25.1 Å². The van der Waals surface area contributed by atoms with Gasteiger partial charge in [-0.15, -0.1) is 0 Å². The highest BCUT2D eigenvalue weighted by atomic mass is 15.0. The molecule has 0 N–H and O–H groups in total. The molecular formula is C9H8N4. The van der Waals surface area contributed by atoms with E-state index in [0.717, 1.165) is 11.4 Å². The van der Waals surface area contributed by atoms with Gasteiger partial charge in [-0.25, -0.2) is 19.9 Å². The van der Waals surface area contributed by atoms with Gasteiger partial charge in [0.15, 0.2) is 5.82 Å². The monoisotopic (exact) mass is 172 g/mol. The van der Waals surface area contributed by atoms with E-state index in [9.17, 15) is 0 Å². The van der Waals surface area contributed by atoms with Crippen LogP contribution in [-0.4, -0.2) is 19.9 Å². The van der Waals surface area contributed by atoms with Crippen LogP contribution >= 0.6 is 0 Å². The molecule has 0 atom stereocenters. The minimum absolute atomic E-state index is 0.610. The fourth-order valence-electron chi connectivity index (χ4n) is 1.04. The fourth-order valence-corrected chi connectivity index (χ4v) is 1.04. The molecule has 2 rings (SSSR count). The topological polar surface area (TPSA) is 51.6 Å². The Bertz CT molecular complexity index is 399. The number of nitrogens with zero attached hydrogens (tertiary/aromatic N) is 4. The lowest BCUT2D eigenvalue weighted by atomic mass is 10.3. The first kappa shape index (κ1) is 7.79. The average Bonchev–Trinajstić information content (AvgIpc) is 2.19. The summed E-state index contributed by atoms with van der Waals surface area (Å²) in [5.74, 6) is 0.610. The Morgan fingerprint density at radius 2 is 1.85 bits per heavy atom. The van der Waals surface area contributed by atoms with Crippen molar-refractivity contribution in [3.63, 3.8) is 0 Å². The molecule has 4 heteroatoms. The molecule has 0 bridgehead atoms. The van der Waals surface area contributed by atoms with E-state index in [-0.39, 0.29) is 0 Å². The smallest absolute Gasteiger partial charge is 0.181 e. The standard InChI is InChI=1S/C9H8N4/c1-7-3-2-4-8(13-7)9-11-5-10-6-12-9/h2-6H,1H3. The van der Waals surface area contributed by atoms with Gasteiger partial charge in [0.25, 0.3) is 0 Å². The van der Waals surface area contributed by atoms with Crippen molar-refractivity contribution in [2.45, 2.75) is 6.92 Å². The second kappa shape index (κ2) is 3.26. The van der Waals surface area contributed by atoms with Crippen molar-refractivity contribution < 1.29 is 0 Å². The van der Waals surface area contributed by atoms with Gasteiger partial charge < -0.3 is 0 Å². The van der Waals surface area contributed by atoms with Crippen molar-refractivity contribution >= 4 is 0 Å². The molecule has 2 heterocycles. The van der Waals surface area contributed by atoms with Gasteiger partial charge in [0.2, 0.25) is 0 Å². The van der Waals surface area contributed by atoms with E-state index in [2.05, 4.69) is 19.9 Å². The first-order chi connectivity index (χ1) is 6.36. The van der Waals surface area contributed by atoms with Gasteiger partial charge in [0, 0.05) is 5.69 Å². The average molecular weight is 172 g/mol. The van der Waals surface area contributed by atoms with E-state index in [4.69, 9.17) is 0 Å². The van der Waals surface area contributed by atoms with Crippen molar-refractivity contribution in [3.05, 3.63) is 36.5 Å². The summed E-state index contributed by atoms with van der Waals surface area (Å²) in [5.41, 5.74) is 1.74. The maximum atomic E-state index is 4.29. The Morgan fingerprint density at radius 3 is 2.54 bits per heavy atom. The molecule has 0 aliphatic rings. The van der Waals surface area contributed by atoms with Crippen molar-refractivity contribution in [1.82, 2.24) is 19.9 Å². The first-order valence-electron chi connectivity index (χ1n) is 3.92. The third-order valence-corrected chi connectivity index (χ3v) is 1.61. The van der Waals surface area contributed by atoms with Crippen LogP contribution in [0.5, 0.6) is 0 Å². The van der Waals surface area contributed by atoms with E-state index in [0.29, 0.717) is 5.82 Å². The molecular weight excluding hydrogens is 164 g/mol. The van der Waals surface area contributed by atoms with Gasteiger partial charge in [-0.1, -0.05) is 6.07 Å². The van der Waals surface area contributed by atoms with Gasteiger partial charge in [0.1, 0.15) is 18.3 Å². The summed E-state index contributed by atoms with van der Waals surface area (Å²) in [7, 11) is 0. The molecule has 0 aromatic carbocycles. The largest absolute Gasteiger partial charge is 0.250 e. The number of rotatable bonds is 1. The molecule has 2 aromatic rings. The highest BCUT2D eigenvalue weighted by Gasteiger charge is 2.00. The molecule has 4 nitrogen and oxygen atoms in total. The second-order valence-corrected chi connectivity index (χ2v) is 2.63. The van der Waals surface area contributed by atoms with Crippen LogP contribution in [0.4, 0.5) is 0 Å². The molecule has 0 fully saturated rings. The lowest BCUT2D eigenvalue weighted by Crippen LogP contribution is -1.92. The van der Waals surface area contributed by atoms with Crippen LogP contribution in [0.25, 0.3) is 11.5 Å². The van der Waals surface area contributed by atoms with Crippen LogP contribution in [0, 0.1) is 6.92 Å². The third-order valence-electron chi connectivity index (χ3n) is 1.61. The second-order valence-electron chi connectivity index (χ2n) is 2.63. The molecule has 0 radical (unpaired) electrons. The summed E-state index contributed by atoms with van der Waals surface area (Å²) in [5, 5.41) is 0. The Balaban J connectivity index is 2.48. The Labute approximate surface area is 75.7 Å². The van der Waals surface area contributed by atoms with Crippen molar-refractivity contribution in [2.75, 3.05) is 0 Å². The van der Waals surface area contributed by atoms with Gasteiger partial charge in [0.05, 0.1) is 0 Å². The Morgan fingerprint density at radius 1 is 1.08 bits per heavy atom. The fraction of sp³-hybridized carbons (Fsp3) is 0.111. The van der Waals surface area contributed by atoms with E-state index in [1.54, 1.807) is 0 Å². The van der Waals surface area contributed by atoms with E-state index < -0.39 is 0 Å². The van der Waals surface area contributed by atoms with Gasteiger partial charge in [-0.3, -0.25) is 0 Å². The van der Waals surface area contributed by atoms with Crippen molar-refractivity contribution in [3.8, 4) is 11.5 Å². The predicted molar refractivity (Wildman–Crippen MR) is 47.8 cm³/mol. The normalized spacial score (nSPS) is 9.92. The van der Waals surface area contributed by atoms with Gasteiger partial charge in [-0.2, -0.15) is 0 Å². The summed E-state index contributed by atoms with van der Waals surface area (Å²) >= 11 is 0. The van der Waals surface area contributed by atoms with Crippen LogP contribution in [0.3, 0.4) is 0 Å². The minimum Gasteiger partial charge on any atom is -0.250 e. The van der Waals surface area contributed by atoms with Crippen molar-refractivity contribution in [1.29, 1.82) is 0 Å². The van der Waals surface area contributed by atoms with Gasteiger partial charge >= 0.3 is 0 Å². The zero-order valence-corrected chi connectivity index (χ0v) is 7.18. The molecule has 0 saturated carbocycles. The summed E-state index contributed by atoms with van der Waals surface area (Å²) in [4.78, 5) is 16.0. The molecule has 0 spiro atoms. The van der Waals surface area contributed by atoms with Crippen LogP contribution in [-0.2, 0) is 0 Å². The molecule has 0 saturated heterocycles. The van der Waals surface area contributed by atoms with Crippen LogP contribution < -0.4 is 0 Å². The summed E-state index contributed by atoms with van der Waals surface area (Å²) in [6.07, 6.45) is 2.93. The first-order valence-corrected chi connectivity index (χ1v) is 3.92.